The van der Waals surface area contributed by atoms with Crippen molar-refractivity contribution < 1.29 is 37.6 Å². The first kappa shape index (κ1) is 53.0. The lowest BCUT2D eigenvalue weighted by Crippen LogP contribution is -2.29. The van der Waals surface area contributed by atoms with E-state index in [9.17, 15) is 19.0 Å². The van der Waals surface area contributed by atoms with Crippen LogP contribution in [-0.4, -0.2) is 43.3 Å². The molecular weight excluding hydrogens is 711 g/mol. The van der Waals surface area contributed by atoms with Gasteiger partial charge in [-0.2, -0.15) is 0 Å². The van der Waals surface area contributed by atoms with Crippen LogP contribution in [0.2, 0.25) is 0 Å². The molecule has 320 valence electrons. The van der Waals surface area contributed by atoms with E-state index in [1.54, 1.807) is 0 Å². The largest absolute Gasteiger partial charge is 0.472 e. The highest BCUT2D eigenvalue weighted by molar-refractivity contribution is 7.47. The van der Waals surface area contributed by atoms with Gasteiger partial charge < -0.3 is 14.4 Å². The lowest BCUT2D eigenvalue weighted by Gasteiger charge is -2.19. The maximum absolute atomic E-state index is 12.5. The Hall–Kier alpha value is -1.99. The molecular formula is C46H83O8P. The van der Waals surface area contributed by atoms with Gasteiger partial charge in [-0.15, -0.1) is 0 Å². The zero-order valence-corrected chi connectivity index (χ0v) is 36.5. The van der Waals surface area contributed by atoms with Crippen LogP contribution in [0.4, 0.5) is 0 Å². The summed E-state index contributed by atoms with van der Waals surface area (Å²) in [7, 11) is -3.21. The van der Waals surface area contributed by atoms with Gasteiger partial charge in [-0.3, -0.25) is 18.6 Å². The molecule has 0 rings (SSSR count). The molecule has 0 fully saturated rings. The van der Waals surface area contributed by atoms with Gasteiger partial charge in [0.05, 0.1) is 6.61 Å². The Kier molecular flexibility index (Phi) is 40.1. The van der Waals surface area contributed by atoms with Crippen LogP contribution in [0.3, 0.4) is 0 Å². The van der Waals surface area contributed by atoms with Gasteiger partial charge in [-0.25, -0.2) is 4.57 Å². The zero-order valence-electron chi connectivity index (χ0n) is 35.6. The van der Waals surface area contributed by atoms with Gasteiger partial charge in [0, 0.05) is 20.0 Å². The van der Waals surface area contributed by atoms with E-state index < -0.39 is 26.5 Å². The summed E-state index contributed by atoms with van der Waals surface area (Å²) >= 11 is 0. The van der Waals surface area contributed by atoms with Crippen LogP contribution in [0.25, 0.3) is 0 Å². The van der Waals surface area contributed by atoms with E-state index in [1.165, 1.54) is 96.3 Å². The number of carbonyl (C=O) groups is 2. The fourth-order valence-corrected chi connectivity index (χ4v) is 6.54. The fraction of sp³-hybridized carbons (Fsp3) is 0.783. The van der Waals surface area contributed by atoms with Crippen molar-refractivity contribution >= 4 is 19.8 Å². The third-order valence-electron chi connectivity index (χ3n) is 9.53. The standard InChI is InChI=1S/C46H83O8P/c1-4-6-8-10-12-14-16-18-19-20-21-22-23-24-25-26-27-29-31-33-35-37-39-41-46(48)54-44(43-53-55(49,50)51-3)42-52-45(47)40-38-36-34-32-30-28-17-15-13-11-9-7-5-2/h9,11,15-18,20-21,44H,4-8,10,12-14,19,22-43H2,1-3H3,(H,49,50)/b11-9-,17-15-,18-16-,21-20-. The summed E-state index contributed by atoms with van der Waals surface area (Å²) in [6.45, 7) is 3.80. The van der Waals surface area contributed by atoms with Crippen LogP contribution in [-0.2, 0) is 32.7 Å². The second kappa shape index (κ2) is 41.6. The number of ether oxygens (including phenoxy) is 2. The number of hydrogen-bond acceptors (Lipinski definition) is 7. The quantitative estimate of drug-likeness (QED) is 0.0282. The Labute approximate surface area is 338 Å². The van der Waals surface area contributed by atoms with Crippen molar-refractivity contribution in [1.82, 2.24) is 0 Å². The number of carbonyl (C=O) groups excluding carboxylic acids is 2. The number of phosphoric acid groups is 1. The number of hydrogen-bond donors (Lipinski definition) is 1. The Morgan fingerprint density at radius 1 is 0.509 bits per heavy atom. The first-order chi connectivity index (χ1) is 26.8. The van der Waals surface area contributed by atoms with Gasteiger partial charge in [-0.1, -0.05) is 172 Å². The SMILES string of the molecule is CCC/C=C\C/C=C\CCCCCCCC(=O)OCC(COP(=O)(O)OC)OC(=O)CCCCCCCCCCCCC/C=C\C/C=C\CCCCCCC. The molecule has 0 aromatic carbocycles. The molecule has 8 nitrogen and oxygen atoms in total. The van der Waals surface area contributed by atoms with Crippen molar-refractivity contribution in [2.45, 2.75) is 213 Å². The van der Waals surface area contributed by atoms with Crippen LogP contribution in [0.5, 0.6) is 0 Å². The second-order valence-electron chi connectivity index (χ2n) is 14.8. The molecule has 0 aliphatic heterocycles. The molecule has 0 saturated carbocycles. The van der Waals surface area contributed by atoms with E-state index in [-0.39, 0.29) is 25.4 Å². The zero-order chi connectivity index (χ0) is 40.3. The number of esters is 2. The van der Waals surface area contributed by atoms with E-state index in [0.717, 1.165) is 84.2 Å². The normalized spacial score (nSPS) is 13.7. The van der Waals surface area contributed by atoms with Crippen LogP contribution in [0, 0.1) is 0 Å². The maximum Gasteiger partial charge on any atom is 0.472 e. The molecule has 0 aromatic rings. The molecule has 0 bridgehead atoms. The molecule has 0 aliphatic carbocycles. The minimum absolute atomic E-state index is 0.234. The minimum Gasteiger partial charge on any atom is -0.462 e. The van der Waals surface area contributed by atoms with Gasteiger partial charge in [-0.05, 0) is 70.6 Å². The molecule has 0 amide bonds. The summed E-state index contributed by atoms with van der Waals surface area (Å²) in [6.07, 6.45) is 50.2. The Morgan fingerprint density at radius 2 is 0.909 bits per heavy atom. The number of allylic oxidation sites excluding steroid dienone is 8. The maximum atomic E-state index is 12.5. The van der Waals surface area contributed by atoms with E-state index >= 15 is 0 Å². The van der Waals surface area contributed by atoms with Crippen LogP contribution in [0.1, 0.15) is 206 Å². The lowest BCUT2D eigenvalue weighted by molar-refractivity contribution is -0.161. The van der Waals surface area contributed by atoms with Crippen molar-refractivity contribution in [2.24, 2.45) is 0 Å². The smallest absolute Gasteiger partial charge is 0.462 e. The lowest BCUT2D eigenvalue weighted by atomic mass is 10.0. The second-order valence-corrected chi connectivity index (χ2v) is 16.4. The third kappa shape index (κ3) is 41.5. The van der Waals surface area contributed by atoms with Gasteiger partial charge >= 0.3 is 19.8 Å². The highest BCUT2D eigenvalue weighted by atomic mass is 31.2. The van der Waals surface area contributed by atoms with Crippen molar-refractivity contribution in [2.75, 3.05) is 20.3 Å². The number of phosphoric ester groups is 1. The van der Waals surface area contributed by atoms with Gasteiger partial charge in [0.15, 0.2) is 6.10 Å². The van der Waals surface area contributed by atoms with Gasteiger partial charge in [0.1, 0.15) is 6.61 Å². The Balaban J connectivity index is 3.95. The minimum atomic E-state index is -4.27. The van der Waals surface area contributed by atoms with Gasteiger partial charge in [0.2, 0.25) is 0 Å². The summed E-state index contributed by atoms with van der Waals surface area (Å²) in [5.41, 5.74) is 0. The van der Waals surface area contributed by atoms with Crippen molar-refractivity contribution in [3.05, 3.63) is 48.6 Å². The first-order valence-corrected chi connectivity index (χ1v) is 23.8. The Morgan fingerprint density at radius 3 is 1.35 bits per heavy atom. The molecule has 0 heterocycles. The molecule has 0 spiro atoms. The van der Waals surface area contributed by atoms with Crippen molar-refractivity contribution in [3.63, 3.8) is 0 Å². The fourth-order valence-electron chi connectivity index (χ4n) is 6.08. The highest BCUT2D eigenvalue weighted by Gasteiger charge is 2.24. The summed E-state index contributed by atoms with van der Waals surface area (Å²) in [4.78, 5) is 34.5. The molecule has 9 heteroatoms. The van der Waals surface area contributed by atoms with Crippen LogP contribution in [0.15, 0.2) is 48.6 Å². The first-order valence-electron chi connectivity index (χ1n) is 22.3. The van der Waals surface area contributed by atoms with Crippen molar-refractivity contribution in [3.8, 4) is 0 Å². The molecule has 0 saturated heterocycles. The van der Waals surface area contributed by atoms with E-state index in [4.69, 9.17) is 14.0 Å². The van der Waals surface area contributed by atoms with Gasteiger partial charge in [0.25, 0.3) is 0 Å². The topological polar surface area (TPSA) is 108 Å². The molecule has 0 aromatic heterocycles. The molecule has 2 unspecified atom stereocenters. The summed E-state index contributed by atoms with van der Waals surface area (Å²) < 4.78 is 32.0. The average molecular weight is 795 g/mol. The van der Waals surface area contributed by atoms with E-state index in [1.807, 2.05) is 0 Å². The predicted molar refractivity (Wildman–Crippen MR) is 230 cm³/mol. The third-order valence-corrected chi connectivity index (χ3v) is 10.5. The molecule has 0 radical (unpaired) electrons. The predicted octanol–water partition coefficient (Wildman–Crippen LogP) is 14.2. The van der Waals surface area contributed by atoms with E-state index in [2.05, 4.69) is 67.0 Å². The average Bonchev–Trinajstić information content (AvgIpc) is 3.18. The van der Waals surface area contributed by atoms with Crippen LogP contribution < -0.4 is 0 Å². The monoisotopic (exact) mass is 795 g/mol. The Bertz CT molecular complexity index is 1040. The summed E-state index contributed by atoms with van der Waals surface area (Å²) in [5, 5.41) is 0. The number of unbranched alkanes of at least 4 members (excludes halogenated alkanes) is 22. The van der Waals surface area contributed by atoms with E-state index in [0.29, 0.717) is 6.42 Å². The molecule has 55 heavy (non-hydrogen) atoms. The molecule has 2 atom stereocenters. The van der Waals surface area contributed by atoms with Crippen LogP contribution >= 0.6 is 7.82 Å². The number of rotatable bonds is 41. The summed E-state index contributed by atoms with van der Waals surface area (Å²) in [5.74, 6) is -0.822. The highest BCUT2D eigenvalue weighted by Crippen LogP contribution is 2.42. The van der Waals surface area contributed by atoms with Crippen molar-refractivity contribution in [1.29, 1.82) is 0 Å². The molecule has 0 aliphatic rings. The summed E-state index contributed by atoms with van der Waals surface area (Å²) in [6, 6.07) is 0. The molecule has 1 N–H and O–H groups in total.